The fraction of sp³-hybridized carbons (Fsp3) is 0. The van der Waals surface area contributed by atoms with Gasteiger partial charge in [-0.05, 0) is 30.3 Å². The van der Waals surface area contributed by atoms with Gasteiger partial charge in [-0.25, -0.2) is 8.78 Å². The van der Waals surface area contributed by atoms with Gasteiger partial charge < -0.3 is 11.1 Å². The Hall–Kier alpha value is -1.24. The molecule has 0 aliphatic rings. The van der Waals surface area contributed by atoms with Gasteiger partial charge in [0.05, 0.1) is 16.4 Å². The molecule has 0 saturated heterocycles. The molecule has 0 saturated carbocycles. The number of anilines is 2. The maximum Gasteiger partial charge on any atom is 0.182 e. The first-order chi connectivity index (χ1) is 9.40. The number of hydrogen-bond donors (Lipinski definition) is 2. The molecule has 0 spiro atoms. The lowest BCUT2D eigenvalue weighted by Gasteiger charge is -2.11. The van der Waals surface area contributed by atoms with Crippen LogP contribution < -0.4 is 11.1 Å². The van der Waals surface area contributed by atoms with Crippen molar-refractivity contribution in [2.75, 3.05) is 5.32 Å². The molecule has 3 N–H and O–H groups in total. The van der Waals surface area contributed by atoms with Gasteiger partial charge in [0.2, 0.25) is 0 Å². The molecule has 0 unspecified atom stereocenters. The SMILES string of the molecule is NC(=S)c1ccc(Nc2cc(Br)ccc2Cl)c(F)c1F. The summed E-state index contributed by atoms with van der Waals surface area (Å²) in [4.78, 5) is -0.201. The minimum Gasteiger partial charge on any atom is -0.389 e. The zero-order valence-electron chi connectivity index (χ0n) is 9.88. The molecule has 0 amide bonds. The van der Waals surface area contributed by atoms with E-state index in [4.69, 9.17) is 17.3 Å². The fourth-order valence-corrected chi connectivity index (χ4v) is 2.26. The number of thiocarbonyl (C=S) groups is 1. The summed E-state index contributed by atoms with van der Waals surface area (Å²) in [6, 6.07) is 7.69. The monoisotopic (exact) mass is 376 g/mol. The molecule has 20 heavy (non-hydrogen) atoms. The molecule has 2 nitrogen and oxygen atoms in total. The van der Waals surface area contributed by atoms with Crippen LogP contribution in [0.15, 0.2) is 34.8 Å². The number of benzene rings is 2. The van der Waals surface area contributed by atoms with Gasteiger partial charge in [-0.15, -0.1) is 0 Å². The van der Waals surface area contributed by atoms with E-state index in [0.717, 1.165) is 4.47 Å². The topological polar surface area (TPSA) is 38.0 Å². The largest absolute Gasteiger partial charge is 0.389 e. The lowest BCUT2D eigenvalue weighted by atomic mass is 10.1. The maximum absolute atomic E-state index is 13.9. The highest BCUT2D eigenvalue weighted by Crippen LogP contribution is 2.30. The van der Waals surface area contributed by atoms with Crippen molar-refractivity contribution in [3.63, 3.8) is 0 Å². The van der Waals surface area contributed by atoms with Crippen LogP contribution >= 0.6 is 39.7 Å². The van der Waals surface area contributed by atoms with Gasteiger partial charge in [-0.1, -0.05) is 39.7 Å². The molecule has 0 radical (unpaired) electrons. The number of halogens is 4. The van der Waals surface area contributed by atoms with Crippen LogP contribution in [0.25, 0.3) is 0 Å². The average molecular weight is 378 g/mol. The van der Waals surface area contributed by atoms with Crippen molar-refractivity contribution in [3.05, 3.63) is 57.0 Å². The number of hydrogen-bond acceptors (Lipinski definition) is 2. The number of rotatable bonds is 3. The van der Waals surface area contributed by atoms with Crippen molar-refractivity contribution in [1.82, 2.24) is 0 Å². The fourth-order valence-electron chi connectivity index (χ4n) is 1.57. The van der Waals surface area contributed by atoms with Gasteiger partial charge >= 0.3 is 0 Å². The second-order valence-electron chi connectivity index (χ2n) is 3.90. The van der Waals surface area contributed by atoms with Crippen LogP contribution in [0.4, 0.5) is 20.2 Å². The van der Waals surface area contributed by atoms with E-state index >= 15 is 0 Å². The quantitative estimate of drug-likeness (QED) is 0.758. The van der Waals surface area contributed by atoms with Gasteiger partial charge in [0.1, 0.15) is 4.99 Å². The molecule has 0 fully saturated rings. The zero-order chi connectivity index (χ0) is 14.9. The van der Waals surface area contributed by atoms with Gasteiger partial charge in [0, 0.05) is 10.0 Å². The summed E-state index contributed by atoms with van der Waals surface area (Å²) in [7, 11) is 0. The summed E-state index contributed by atoms with van der Waals surface area (Å²) >= 11 is 13.9. The third kappa shape index (κ3) is 3.08. The zero-order valence-corrected chi connectivity index (χ0v) is 13.0. The highest BCUT2D eigenvalue weighted by atomic mass is 79.9. The molecule has 2 aromatic carbocycles. The Morgan fingerprint density at radius 3 is 2.50 bits per heavy atom. The van der Waals surface area contributed by atoms with E-state index in [1.807, 2.05) is 0 Å². The molecular formula is C13H8BrClF2N2S. The standard InChI is InChI=1S/C13H8BrClF2N2S/c14-6-1-3-8(15)10(5-6)19-9-4-2-7(13(18)20)11(16)12(9)17/h1-5,19H,(H2,18,20). The molecule has 0 bridgehead atoms. The van der Waals surface area contributed by atoms with Crippen LogP contribution in [0.5, 0.6) is 0 Å². The molecule has 0 aliphatic carbocycles. The minimum atomic E-state index is -1.09. The maximum atomic E-state index is 13.9. The predicted molar refractivity (Wildman–Crippen MR) is 84.7 cm³/mol. The molecule has 2 rings (SSSR count). The average Bonchev–Trinajstić information content (AvgIpc) is 2.39. The first kappa shape index (κ1) is 15.2. The Bertz CT molecular complexity index is 694. The van der Waals surface area contributed by atoms with Crippen molar-refractivity contribution >= 4 is 56.1 Å². The Balaban J connectivity index is 2.42. The van der Waals surface area contributed by atoms with E-state index in [9.17, 15) is 8.78 Å². The summed E-state index contributed by atoms with van der Waals surface area (Å²) in [6.45, 7) is 0. The second kappa shape index (κ2) is 6.03. The van der Waals surface area contributed by atoms with Crippen LogP contribution in [-0.4, -0.2) is 4.99 Å². The molecule has 104 valence electrons. The lowest BCUT2D eigenvalue weighted by molar-refractivity contribution is 0.510. The Morgan fingerprint density at radius 1 is 1.15 bits per heavy atom. The van der Waals surface area contributed by atoms with Gasteiger partial charge in [-0.3, -0.25) is 0 Å². The van der Waals surface area contributed by atoms with Crippen molar-refractivity contribution in [2.45, 2.75) is 0 Å². The van der Waals surface area contributed by atoms with E-state index in [1.54, 1.807) is 18.2 Å². The van der Waals surface area contributed by atoms with Crippen LogP contribution in [0.1, 0.15) is 5.56 Å². The summed E-state index contributed by atoms with van der Waals surface area (Å²) in [6.07, 6.45) is 0. The predicted octanol–water partition coefficient (Wildman–Crippen LogP) is 4.76. The molecule has 7 heteroatoms. The van der Waals surface area contributed by atoms with Crippen molar-refractivity contribution in [2.24, 2.45) is 5.73 Å². The van der Waals surface area contributed by atoms with Crippen molar-refractivity contribution < 1.29 is 8.78 Å². The van der Waals surface area contributed by atoms with Gasteiger partial charge in [0.15, 0.2) is 11.6 Å². The molecule has 0 heterocycles. The third-order valence-electron chi connectivity index (χ3n) is 2.55. The minimum absolute atomic E-state index is 0.0532. The van der Waals surface area contributed by atoms with Crippen molar-refractivity contribution in [1.29, 1.82) is 0 Å². The van der Waals surface area contributed by atoms with Gasteiger partial charge in [-0.2, -0.15) is 0 Å². The Labute approximate surface area is 133 Å². The summed E-state index contributed by atoms with van der Waals surface area (Å²) in [5.74, 6) is -2.15. The molecule has 2 aromatic rings. The summed E-state index contributed by atoms with van der Waals surface area (Å²) < 4.78 is 28.5. The molecular weight excluding hydrogens is 370 g/mol. The Kier molecular flexibility index (Phi) is 4.57. The highest BCUT2D eigenvalue weighted by Gasteiger charge is 2.15. The summed E-state index contributed by atoms with van der Waals surface area (Å²) in [5, 5.41) is 3.11. The van der Waals surface area contributed by atoms with Crippen molar-refractivity contribution in [3.8, 4) is 0 Å². The summed E-state index contributed by atoms with van der Waals surface area (Å²) in [5.41, 5.74) is 5.56. The molecule has 0 aromatic heterocycles. The van der Waals surface area contributed by atoms with E-state index in [0.29, 0.717) is 10.7 Å². The number of nitrogens with two attached hydrogens (primary N) is 1. The van der Waals surface area contributed by atoms with Crippen LogP contribution in [0, 0.1) is 11.6 Å². The van der Waals surface area contributed by atoms with Crippen LogP contribution in [0.3, 0.4) is 0 Å². The van der Waals surface area contributed by atoms with Crippen LogP contribution in [0.2, 0.25) is 5.02 Å². The first-order valence-electron chi connectivity index (χ1n) is 5.40. The van der Waals surface area contributed by atoms with Gasteiger partial charge in [0.25, 0.3) is 0 Å². The second-order valence-corrected chi connectivity index (χ2v) is 5.66. The number of nitrogens with one attached hydrogen (secondary N) is 1. The van der Waals surface area contributed by atoms with E-state index in [1.165, 1.54) is 12.1 Å². The first-order valence-corrected chi connectivity index (χ1v) is 6.98. The third-order valence-corrected chi connectivity index (χ3v) is 3.59. The smallest absolute Gasteiger partial charge is 0.182 e. The highest BCUT2D eigenvalue weighted by molar-refractivity contribution is 9.10. The molecule has 0 atom stereocenters. The lowest BCUT2D eigenvalue weighted by Crippen LogP contribution is -2.13. The van der Waals surface area contributed by atoms with E-state index < -0.39 is 11.6 Å². The Morgan fingerprint density at radius 2 is 1.85 bits per heavy atom. The van der Waals surface area contributed by atoms with E-state index in [2.05, 4.69) is 33.5 Å². The van der Waals surface area contributed by atoms with E-state index in [-0.39, 0.29) is 16.2 Å². The normalized spacial score (nSPS) is 10.4. The van der Waals surface area contributed by atoms with Crippen LogP contribution in [-0.2, 0) is 0 Å². The molecule has 0 aliphatic heterocycles.